The first-order valence-corrected chi connectivity index (χ1v) is 8.58. The predicted molar refractivity (Wildman–Crippen MR) is 98.1 cm³/mol. The largest absolute Gasteiger partial charge is 0.488 e. The molecule has 25 heavy (non-hydrogen) atoms. The second-order valence-electron chi connectivity index (χ2n) is 5.27. The van der Waals surface area contributed by atoms with Crippen LogP contribution in [0, 0.1) is 0 Å². The zero-order valence-electron chi connectivity index (χ0n) is 13.6. The third-order valence-corrected chi connectivity index (χ3v) is 4.38. The number of para-hydroxylation sites is 1. The number of aryl methyl sites for hydroxylation is 1. The van der Waals surface area contributed by atoms with Gasteiger partial charge in [0.25, 0.3) is 0 Å². The van der Waals surface area contributed by atoms with E-state index in [4.69, 9.17) is 27.9 Å². The molecule has 3 rings (SSSR count). The van der Waals surface area contributed by atoms with Gasteiger partial charge in [-0.1, -0.05) is 52.6 Å². The Balaban J connectivity index is 1.71. The molecule has 6 nitrogen and oxygen atoms in total. The Labute approximate surface area is 155 Å². The van der Waals surface area contributed by atoms with Gasteiger partial charge in [-0.05, 0) is 35.5 Å². The third kappa shape index (κ3) is 4.21. The standard InChI is InChI=1S/C17H17Cl2N5O/c1-2-24-17(21-22-23-24)20-10-12-6-3-4-9-16(12)25-11-13-14(18)7-5-8-15(13)19/h3-9H,2,10-11H2,1H3,(H,20,21,23). The molecule has 1 aromatic heterocycles. The highest BCUT2D eigenvalue weighted by atomic mass is 35.5. The minimum atomic E-state index is 0.294. The number of benzene rings is 2. The summed E-state index contributed by atoms with van der Waals surface area (Å²) >= 11 is 12.4. The molecule has 1 N–H and O–H groups in total. The maximum Gasteiger partial charge on any atom is 0.243 e. The molecule has 0 atom stereocenters. The van der Waals surface area contributed by atoms with Crippen LogP contribution in [0.15, 0.2) is 42.5 Å². The highest BCUT2D eigenvalue weighted by Crippen LogP contribution is 2.27. The van der Waals surface area contributed by atoms with Crippen LogP contribution in [0.2, 0.25) is 10.0 Å². The average molecular weight is 378 g/mol. The molecular formula is C17H17Cl2N5O. The molecule has 1 heterocycles. The molecule has 8 heteroatoms. The van der Waals surface area contributed by atoms with E-state index in [0.717, 1.165) is 16.9 Å². The van der Waals surface area contributed by atoms with Crippen molar-refractivity contribution >= 4 is 29.2 Å². The zero-order valence-corrected chi connectivity index (χ0v) is 15.1. The Morgan fingerprint density at radius 1 is 1.08 bits per heavy atom. The van der Waals surface area contributed by atoms with Crippen LogP contribution in [-0.2, 0) is 19.7 Å². The Morgan fingerprint density at radius 3 is 2.60 bits per heavy atom. The number of ether oxygens (including phenoxy) is 1. The molecule has 0 radical (unpaired) electrons. The van der Waals surface area contributed by atoms with Gasteiger partial charge < -0.3 is 10.1 Å². The second-order valence-corrected chi connectivity index (χ2v) is 6.08. The summed E-state index contributed by atoms with van der Waals surface area (Å²) in [4.78, 5) is 0. The van der Waals surface area contributed by atoms with Crippen LogP contribution in [0.25, 0.3) is 0 Å². The van der Waals surface area contributed by atoms with E-state index in [1.54, 1.807) is 16.8 Å². The smallest absolute Gasteiger partial charge is 0.243 e. The van der Waals surface area contributed by atoms with Gasteiger partial charge in [-0.15, -0.1) is 0 Å². The van der Waals surface area contributed by atoms with E-state index in [-0.39, 0.29) is 0 Å². The molecule has 0 saturated carbocycles. The first kappa shape index (κ1) is 17.5. The normalized spacial score (nSPS) is 10.7. The van der Waals surface area contributed by atoms with E-state index in [1.165, 1.54) is 0 Å². The summed E-state index contributed by atoms with van der Waals surface area (Å²) in [6.07, 6.45) is 0. The number of hydrogen-bond acceptors (Lipinski definition) is 5. The summed E-state index contributed by atoms with van der Waals surface area (Å²) in [5.74, 6) is 1.37. The maximum absolute atomic E-state index is 6.20. The number of rotatable bonds is 7. The minimum absolute atomic E-state index is 0.294. The molecule has 0 aliphatic rings. The molecule has 0 saturated heterocycles. The number of nitrogens with one attached hydrogen (secondary N) is 1. The van der Waals surface area contributed by atoms with Crippen LogP contribution in [0.4, 0.5) is 5.95 Å². The van der Waals surface area contributed by atoms with Crippen LogP contribution in [0.3, 0.4) is 0 Å². The summed E-state index contributed by atoms with van der Waals surface area (Å²) in [7, 11) is 0. The van der Waals surface area contributed by atoms with Crippen LogP contribution in [-0.4, -0.2) is 20.2 Å². The van der Waals surface area contributed by atoms with Gasteiger partial charge in [0.05, 0.1) is 0 Å². The molecular weight excluding hydrogens is 361 g/mol. The number of aromatic nitrogens is 4. The van der Waals surface area contributed by atoms with Crippen molar-refractivity contribution < 1.29 is 4.74 Å². The fourth-order valence-electron chi connectivity index (χ4n) is 2.33. The summed E-state index contributed by atoms with van der Waals surface area (Å²) < 4.78 is 7.63. The monoisotopic (exact) mass is 377 g/mol. The molecule has 0 bridgehead atoms. The van der Waals surface area contributed by atoms with E-state index in [1.807, 2.05) is 37.3 Å². The van der Waals surface area contributed by atoms with Crippen LogP contribution in [0.1, 0.15) is 18.1 Å². The Bertz CT molecular complexity index is 832. The minimum Gasteiger partial charge on any atom is -0.488 e. The van der Waals surface area contributed by atoms with Crippen molar-refractivity contribution in [3.63, 3.8) is 0 Å². The van der Waals surface area contributed by atoms with Gasteiger partial charge in [0.1, 0.15) is 12.4 Å². The molecule has 0 amide bonds. The van der Waals surface area contributed by atoms with Crippen molar-refractivity contribution in [1.82, 2.24) is 20.2 Å². The predicted octanol–water partition coefficient (Wildman–Crippen LogP) is 4.19. The molecule has 0 aliphatic heterocycles. The molecule has 2 aromatic carbocycles. The second kappa shape index (κ2) is 8.18. The lowest BCUT2D eigenvalue weighted by Crippen LogP contribution is -2.09. The Hall–Kier alpha value is -2.31. The van der Waals surface area contributed by atoms with E-state index in [2.05, 4.69) is 20.8 Å². The molecule has 0 unspecified atom stereocenters. The van der Waals surface area contributed by atoms with Crippen molar-refractivity contribution in [2.75, 3.05) is 5.32 Å². The van der Waals surface area contributed by atoms with E-state index in [9.17, 15) is 0 Å². The fourth-order valence-corrected chi connectivity index (χ4v) is 2.84. The van der Waals surface area contributed by atoms with Gasteiger partial charge in [-0.2, -0.15) is 0 Å². The summed E-state index contributed by atoms with van der Waals surface area (Å²) in [5.41, 5.74) is 1.75. The van der Waals surface area contributed by atoms with Crippen molar-refractivity contribution in [1.29, 1.82) is 0 Å². The highest BCUT2D eigenvalue weighted by molar-refractivity contribution is 6.35. The van der Waals surface area contributed by atoms with E-state index < -0.39 is 0 Å². The van der Waals surface area contributed by atoms with Gasteiger partial charge in [0, 0.05) is 34.3 Å². The van der Waals surface area contributed by atoms with Crippen LogP contribution >= 0.6 is 23.2 Å². The first-order chi connectivity index (χ1) is 12.2. The fraction of sp³-hybridized carbons (Fsp3) is 0.235. The number of anilines is 1. The van der Waals surface area contributed by atoms with Crippen molar-refractivity contribution in [3.05, 3.63) is 63.6 Å². The van der Waals surface area contributed by atoms with Gasteiger partial charge in [0.15, 0.2) is 0 Å². The van der Waals surface area contributed by atoms with Gasteiger partial charge in [-0.25, -0.2) is 4.68 Å². The van der Waals surface area contributed by atoms with Crippen molar-refractivity contribution in [3.8, 4) is 5.75 Å². The Kier molecular flexibility index (Phi) is 5.73. The number of nitrogens with zero attached hydrogens (tertiary/aromatic N) is 4. The highest BCUT2D eigenvalue weighted by Gasteiger charge is 2.10. The summed E-state index contributed by atoms with van der Waals surface area (Å²) in [6.45, 7) is 3.50. The molecule has 3 aromatic rings. The van der Waals surface area contributed by atoms with Crippen molar-refractivity contribution in [2.24, 2.45) is 0 Å². The first-order valence-electron chi connectivity index (χ1n) is 7.82. The summed E-state index contributed by atoms with van der Waals surface area (Å²) in [5, 5.41) is 15.9. The molecule has 0 spiro atoms. The maximum atomic E-state index is 6.20. The van der Waals surface area contributed by atoms with E-state index in [0.29, 0.717) is 35.7 Å². The van der Waals surface area contributed by atoms with Gasteiger partial charge in [-0.3, -0.25) is 0 Å². The summed E-state index contributed by atoms with van der Waals surface area (Å²) in [6, 6.07) is 13.2. The van der Waals surface area contributed by atoms with Crippen LogP contribution in [0.5, 0.6) is 5.75 Å². The average Bonchev–Trinajstić information content (AvgIpc) is 3.08. The van der Waals surface area contributed by atoms with Crippen molar-refractivity contribution in [2.45, 2.75) is 26.6 Å². The molecule has 0 aliphatic carbocycles. The van der Waals surface area contributed by atoms with Gasteiger partial charge in [0.2, 0.25) is 5.95 Å². The lowest BCUT2D eigenvalue weighted by molar-refractivity contribution is 0.303. The molecule has 130 valence electrons. The SMILES string of the molecule is CCn1nnnc1NCc1ccccc1OCc1c(Cl)cccc1Cl. The lowest BCUT2D eigenvalue weighted by atomic mass is 10.2. The quantitative estimate of drug-likeness (QED) is 0.668. The van der Waals surface area contributed by atoms with Gasteiger partial charge >= 0.3 is 0 Å². The molecule has 0 fully saturated rings. The van der Waals surface area contributed by atoms with Crippen LogP contribution < -0.4 is 10.1 Å². The number of tetrazole rings is 1. The number of halogens is 2. The Morgan fingerprint density at radius 2 is 1.84 bits per heavy atom. The topological polar surface area (TPSA) is 64.9 Å². The third-order valence-electron chi connectivity index (χ3n) is 3.67. The lowest BCUT2D eigenvalue weighted by Gasteiger charge is -2.13. The zero-order chi connectivity index (χ0) is 17.6. The number of hydrogen-bond donors (Lipinski definition) is 1. The van der Waals surface area contributed by atoms with E-state index >= 15 is 0 Å².